The Kier molecular flexibility index (Phi) is 5.32. The molecular formula is C13H21N5O7S. The van der Waals surface area contributed by atoms with Crippen LogP contribution in [0, 0.1) is 0 Å². The van der Waals surface area contributed by atoms with Gasteiger partial charge in [0.1, 0.15) is 6.04 Å². The SMILES string of the molecule is O=C(NNC(=O)[C@@H]1CC[C@H]2CN1C(=O)N2OS(=O)(=O)O)[C@H]1CCCCN1. The summed E-state index contributed by atoms with van der Waals surface area (Å²) in [6.07, 6.45) is 3.19. The number of carbonyl (C=O) groups excluding carboxylic acids is 3. The molecule has 0 aliphatic carbocycles. The third-order valence-corrected chi connectivity index (χ3v) is 5.08. The largest absolute Gasteiger partial charge is 0.418 e. The van der Waals surface area contributed by atoms with Crippen LogP contribution in [0.3, 0.4) is 0 Å². The summed E-state index contributed by atoms with van der Waals surface area (Å²) in [6.45, 7) is 0.826. The van der Waals surface area contributed by atoms with Crippen molar-refractivity contribution >= 4 is 28.2 Å². The molecule has 4 N–H and O–H groups in total. The lowest BCUT2D eigenvalue weighted by molar-refractivity contribution is -0.133. The van der Waals surface area contributed by atoms with Gasteiger partial charge in [-0.3, -0.25) is 25.0 Å². The standard InChI is InChI=1S/C13H21N5O7S/c19-11(9-3-1-2-6-14-9)15-16-12(20)10-5-4-8-7-17(10)13(21)18(8)25-26(22,23)24/h8-10,14H,1-7H2,(H,15,19)(H,16,20)(H,22,23,24)/t8-,9+,10-/m0/s1. The summed E-state index contributed by atoms with van der Waals surface area (Å²) in [5.41, 5.74) is 4.67. The first-order valence-electron chi connectivity index (χ1n) is 8.36. The van der Waals surface area contributed by atoms with E-state index in [0.29, 0.717) is 17.9 Å². The van der Waals surface area contributed by atoms with Crippen molar-refractivity contribution in [2.75, 3.05) is 13.1 Å². The number of hydroxylamine groups is 2. The van der Waals surface area contributed by atoms with E-state index in [-0.39, 0.29) is 24.9 Å². The molecule has 0 aromatic rings. The molecule has 3 atom stereocenters. The Morgan fingerprint density at radius 1 is 1.15 bits per heavy atom. The van der Waals surface area contributed by atoms with Crippen molar-refractivity contribution in [1.29, 1.82) is 0 Å². The Bertz CT molecular complexity index is 693. The molecule has 146 valence electrons. The minimum atomic E-state index is -4.84. The van der Waals surface area contributed by atoms with Crippen LogP contribution in [0.2, 0.25) is 0 Å². The molecule has 26 heavy (non-hydrogen) atoms. The number of nitrogens with zero attached hydrogens (tertiary/aromatic N) is 2. The smallest absolute Gasteiger partial charge is 0.309 e. The maximum Gasteiger partial charge on any atom is 0.418 e. The first-order valence-corrected chi connectivity index (χ1v) is 9.73. The third kappa shape index (κ3) is 4.06. The Balaban J connectivity index is 1.56. The van der Waals surface area contributed by atoms with Crippen molar-refractivity contribution < 1.29 is 31.6 Å². The van der Waals surface area contributed by atoms with E-state index in [4.69, 9.17) is 4.55 Å². The summed E-state index contributed by atoms with van der Waals surface area (Å²) in [5.74, 6) is -0.925. The molecule has 3 saturated heterocycles. The Morgan fingerprint density at radius 2 is 1.88 bits per heavy atom. The molecule has 3 aliphatic rings. The van der Waals surface area contributed by atoms with Gasteiger partial charge in [0.2, 0.25) is 0 Å². The lowest BCUT2D eigenvalue weighted by Gasteiger charge is -2.29. The fourth-order valence-corrected chi connectivity index (χ4v) is 3.86. The number of rotatable bonds is 4. The van der Waals surface area contributed by atoms with Crippen molar-refractivity contribution in [2.24, 2.45) is 0 Å². The highest BCUT2D eigenvalue weighted by Crippen LogP contribution is 2.30. The van der Waals surface area contributed by atoms with Crippen LogP contribution in [-0.4, -0.2) is 72.0 Å². The molecule has 0 aromatic carbocycles. The molecule has 2 bridgehead atoms. The van der Waals surface area contributed by atoms with Gasteiger partial charge >= 0.3 is 16.4 Å². The van der Waals surface area contributed by atoms with Gasteiger partial charge in [-0.15, -0.1) is 4.28 Å². The van der Waals surface area contributed by atoms with Crippen molar-refractivity contribution in [3.63, 3.8) is 0 Å². The Labute approximate surface area is 150 Å². The van der Waals surface area contributed by atoms with Crippen LogP contribution >= 0.6 is 0 Å². The fourth-order valence-electron chi connectivity index (χ4n) is 3.47. The number of piperidine rings is 2. The summed E-state index contributed by atoms with van der Waals surface area (Å²) < 4.78 is 34.8. The Morgan fingerprint density at radius 3 is 2.54 bits per heavy atom. The topological polar surface area (TPSA) is 157 Å². The van der Waals surface area contributed by atoms with Crippen LogP contribution in [0.15, 0.2) is 0 Å². The average Bonchev–Trinajstić information content (AvgIpc) is 2.84. The molecule has 13 heteroatoms. The second-order valence-electron chi connectivity index (χ2n) is 6.49. The molecule has 4 amide bonds. The van der Waals surface area contributed by atoms with Gasteiger partial charge in [0.25, 0.3) is 11.8 Å². The monoisotopic (exact) mass is 391 g/mol. The van der Waals surface area contributed by atoms with Gasteiger partial charge in [-0.2, -0.15) is 13.5 Å². The van der Waals surface area contributed by atoms with Gasteiger partial charge < -0.3 is 10.2 Å². The quantitative estimate of drug-likeness (QED) is 0.325. The van der Waals surface area contributed by atoms with Crippen molar-refractivity contribution in [3.8, 4) is 0 Å². The van der Waals surface area contributed by atoms with Gasteiger partial charge in [0.15, 0.2) is 0 Å². The Hall–Kier alpha value is -1.96. The number of nitrogens with one attached hydrogen (secondary N) is 3. The molecular weight excluding hydrogens is 370 g/mol. The maximum atomic E-state index is 12.3. The molecule has 0 aromatic heterocycles. The molecule has 0 spiro atoms. The minimum absolute atomic E-state index is 0.0879. The average molecular weight is 391 g/mol. The zero-order valence-corrected chi connectivity index (χ0v) is 14.7. The maximum absolute atomic E-state index is 12.3. The van der Waals surface area contributed by atoms with E-state index in [1.54, 1.807) is 0 Å². The van der Waals surface area contributed by atoms with Crippen LogP contribution in [0.5, 0.6) is 0 Å². The summed E-state index contributed by atoms with van der Waals surface area (Å²) in [5, 5.41) is 3.61. The van der Waals surface area contributed by atoms with E-state index in [1.165, 1.54) is 0 Å². The van der Waals surface area contributed by atoms with Crippen molar-refractivity contribution in [2.45, 2.75) is 50.2 Å². The van der Waals surface area contributed by atoms with E-state index < -0.39 is 34.4 Å². The summed E-state index contributed by atoms with van der Waals surface area (Å²) >= 11 is 0. The number of carbonyl (C=O) groups is 3. The van der Waals surface area contributed by atoms with Gasteiger partial charge in [0.05, 0.1) is 12.1 Å². The highest BCUT2D eigenvalue weighted by molar-refractivity contribution is 7.80. The van der Waals surface area contributed by atoms with Gasteiger partial charge in [-0.05, 0) is 32.2 Å². The van der Waals surface area contributed by atoms with Crippen LogP contribution < -0.4 is 16.2 Å². The minimum Gasteiger partial charge on any atom is -0.309 e. The third-order valence-electron chi connectivity index (χ3n) is 4.74. The van der Waals surface area contributed by atoms with E-state index in [2.05, 4.69) is 20.5 Å². The molecule has 12 nitrogen and oxygen atoms in total. The lowest BCUT2D eigenvalue weighted by atomic mass is 10.0. The summed E-state index contributed by atoms with van der Waals surface area (Å²) in [4.78, 5) is 37.8. The van der Waals surface area contributed by atoms with Gasteiger partial charge in [-0.1, -0.05) is 6.42 Å². The van der Waals surface area contributed by atoms with E-state index >= 15 is 0 Å². The second kappa shape index (κ2) is 7.34. The fraction of sp³-hybridized carbons (Fsp3) is 0.769. The van der Waals surface area contributed by atoms with Crippen molar-refractivity contribution in [1.82, 2.24) is 26.1 Å². The number of hydrogen-bond acceptors (Lipinski definition) is 7. The van der Waals surface area contributed by atoms with Gasteiger partial charge in [-0.25, -0.2) is 4.79 Å². The molecule has 0 saturated carbocycles. The zero-order chi connectivity index (χ0) is 18.9. The first-order chi connectivity index (χ1) is 12.3. The highest BCUT2D eigenvalue weighted by Gasteiger charge is 2.49. The van der Waals surface area contributed by atoms with Crippen LogP contribution in [-0.2, 0) is 24.3 Å². The molecule has 3 fully saturated rings. The van der Waals surface area contributed by atoms with Crippen LogP contribution in [0.4, 0.5) is 4.79 Å². The van der Waals surface area contributed by atoms with Crippen LogP contribution in [0.25, 0.3) is 0 Å². The lowest BCUT2D eigenvalue weighted by Crippen LogP contribution is -2.57. The summed E-state index contributed by atoms with van der Waals surface area (Å²) in [7, 11) is -4.84. The predicted molar refractivity (Wildman–Crippen MR) is 85.3 cm³/mol. The second-order valence-corrected chi connectivity index (χ2v) is 7.50. The first kappa shape index (κ1) is 18.8. The van der Waals surface area contributed by atoms with E-state index in [0.717, 1.165) is 24.3 Å². The number of hydrazine groups is 1. The number of amides is 4. The zero-order valence-electron chi connectivity index (χ0n) is 13.9. The molecule has 3 aliphatic heterocycles. The predicted octanol–water partition coefficient (Wildman–Crippen LogP) is -1.72. The molecule has 3 heterocycles. The number of urea groups is 1. The number of fused-ring (bicyclic) bond motifs is 2. The summed E-state index contributed by atoms with van der Waals surface area (Å²) in [6, 6.07) is -2.64. The van der Waals surface area contributed by atoms with E-state index in [1.807, 2.05) is 0 Å². The van der Waals surface area contributed by atoms with Crippen molar-refractivity contribution in [3.05, 3.63) is 0 Å². The molecule has 0 unspecified atom stereocenters. The number of hydrogen-bond donors (Lipinski definition) is 4. The van der Waals surface area contributed by atoms with E-state index in [9.17, 15) is 22.8 Å². The highest BCUT2D eigenvalue weighted by atomic mass is 32.3. The van der Waals surface area contributed by atoms with Crippen LogP contribution in [0.1, 0.15) is 32.1 Å². The molecule has 0 radical (unpaired) electrons. The molecule has 3 rings (SSSR count). The normalized spacial score (nSPS) is 28.8. The van der Waals surface area contributed by atoms with Gasteiger partial charge in [0, 0.05) is 6.54 Å².